The van der Waals surface area contributed by atoms with Crippen molar-refractivity contribution in [3.8, 4) is 6.07 Å². The van der Waals surface area contributed by atoms with E-state index in [1.807, 2.05) is 26.0 Å². The van der Waals surface area contributed by atoms with E-state index in [0.29, 0.717) is 27.9 Å². The van der Waals surface area contributed by atoms with E-state index in [0.717, 1.165) is 0 Å². The Labute approximate surface area is 406 Å². The monoisotopic (exact) mass is 1010 g/mol. The zero-order chi connectivity index (χ0) is 49.8. The molecule has 6 aromatic rings. The van der Waals surface area contributed by atoms with E-state index in [4.69, 9.17) is 27.5 Å². The van der Waals surface area contributed by atoms with Gasteiger partial charge in [0.1, 0.15) is 31.1 Å². The molecule has 3 N–H and O–H groups in total. The average molecular weight is 1010 g/mol. The maximum Gasteiger partial charge on any atom is 0.406 e. The first-order chi connectivity index (χ1) is 33.5. The molecule has 2 aromatic carbocycles. The molecule has 25 heteroatoms. The van der Waals surface area contributed by atoms with Crippen LogP contribution in [0.15, 0.2) is 86.0 Å². The fourth-order valence-corrected chi connectivity index (χ4v) is 11.1. The van der Waals surface area contributed by atoms with Crippen molar-refractivity contribution >= 4 is 70.5 Å². The second-order valence-corrected chi connectivity index (χ2v) is 25.4. The number of benzene rings is 2. The first kappa shape index (κ1) is 50.6. The zero-order valence-corrected chi connectivity index (χ0v) is 42.3. The molecule has 2 aliphatic heterocycles. The summed E-state index contributed by atoms with van der Waals surface area (Å²) in [4.78, 5) is 53.0. The molecule has 0 bridgehead atoms. The number of imidazole rings is 2. The highest BCUT2D eigenvalue weighted by Crippen LogP contribution is 2.51. The van der Waals surface area contributed by atoms with E-state index in [-0.39, 0.29) is 66.2 Å². The summed E-state index contributed by atoms with van der Waals surface area (Å²) < 4.78 is 68.6. The van der Waals surface area contributed by atoms with Gasteiger partial charge in [0.2, 0.25) is 0 Å². The number of aromatic nitrogens is 8. The Morgan fingerprint density at radius 1 is 0.786 bits per heavy atom. The zero-order valence-electron chi connectivity index (χ0n) is 39.5. The smallest absolute Gasteiger partial charge is 0.406 e. The van der Waals surface area contributed by atoms with Gasteiger partial charge in [-0.3, -0.25) is 32.3 Å². The van der Waals surface area contributed by atoms with Crippen LogP contribution >= 0.6 is 16.4 Å². The van der Waals surface area contributed by atoms with Gasteiger partial charge in [0, 0.05) is 17.0 Å². The second kappa shape index (κ2) is 21.3. The molecule has 2 fully saturated rings. The molecule has 4 aromatic heterocycles. The van der Waals surface area contributed by atoms with Crippen molar-refractivity contribution in [1.82, 2.24) is 44.1 Å². The van der Waals surface area contributed by atoms with Crippen LogP contribution in [0.5, 0.6) is 0 Å². The highest BCUT2D eigenvalue weighted by Gasteiger charge is 2.54. The van der Waals surface area contributed by atoms with Crippen molar-refractivity contribution in [2.75, 3.05) is 30.5 Å². The minimum absolute atomic E-state index is 0.104. The van der Waals surface area contributed by atoms with Gasteiger partial charge in [0.15, 0.2) is 48.5 Å². The molecular weight excluding hydrogens is 959 g/mol. The minimum Gasteiger partial charge on any atom is -0.408 e. The van der Waals surface area contributed by atoms with Gasteiger partial charge in [0.05, 0.1) is 57.1 Å². The van der Waals surface area contributed by atoms with Crippen molar-refractivity contribution < 1.29 is 46.2 Å². The van der Waals surface area contributed by atoms with Crippen molar-refractivity contribution in [2.45, 2.75) is 96.0 Å². The highest BCUT2D eigenvalue weighted by atomic mass is 31.2. The lowest BCUT2D eigenvalue weighted by molar-refractivity contribution is -0.0421. The molecular formula is C45H54N12O10P2Si. The van der Waals surface area contributed by atoms with Crippen molar-refractivity contribution in [1.29, 1.82) is 5.26 Å². The van der Waals surface area contributed by atoms with Crippen LogP contribution in [0.2, 0.25) is 18.1 Å². The number of rotatable bonds is 19. The third-order valence-corrected chi connectivity index (χ3v) is 19.4. The van der Waals surface area contributed by atoms with Gasteiger partial charge in [-0.2, -0.15) is 5.26 Å². The van der Waals surface area contributed by atoms with Gasteiger partial charge in [-0.25, -0.2) is 44.1 Å². The number of amides is 2. The van der Waals surface area contributed by atoms with Gasteiger partial charge in [-0.05, 0) is 48.3 Å². The van der Waals surface area contributed by atoms with Crippen LogP contribution in [0, 0.1) is 23.2 Å². The van der Waals surface area contributed by atoms with E-state index >= 15 is 4.57 Å². The van der Waals surface area contributed by atoms with E-state index in [1.165, 1.54) is 19.0 Å². The summed E-state index contributed by atoms with van der Waals surface area (Å²) in [6.07, 6.45) is 1.39. The van der Waals surface area contributed by atoms with Crippen LogP contribution < -0.4 is 15.7 Å². The van der Waals surface area contributed by atoms with E-state index in [1.54, 1.807) is 70.1 Å². The van der Waals surface area contributed by atoms with Gasteiger partial charge in [0.25, 0.3) is 11.8 Å². The summed E-state index contributed by atoms with van der Waals surface area (Å²) in [5.41, 5.74) is 2.22. The van der Waals surface area contributed by atoms with E-state index < -0.39 is 67.5 Å². The molecule has 22 nitrogen and oxygen atoms in total. The summed E-state index contributed by atoms with van der Waals surface area (Å²) in [5.74, 6) is -0.671. The summed E-state index contributed by atoms with van der Waals surface area (Å²) in [7, 11) is -7.77. The number of nitrogens with zero attached hydrogens (tertiary/aromatic N) is 9. The molecule has 0 radical (unpaired) electrons. The largest absolute Gasteiger partial charge is 0.408 e. The molecule has 9 atom stereocenters. The van der Waals surface area contributed by atoms with Crippen LogP contribution in [0.4, 0.5) is 11.6 Å². The van der Waals surface area contributed by atoms with Gasteiger partial charge in [-0.15, -0.1) is 0 Å². The number of carbonyl (C=O) groups excluding carboxylic acids is 2. The number of ether oxygens (including phenoxy) is 2. The quantitative estimate of drug-likeness (QED) is 0.0395. The number of hydrogen-bond donors (Lipinski definition) is 3. The number of carbonyl (C=O) groups is 2. The minimum atomic E-state index is -4.42. The lowest BCUT2D eigenvalue weighted by atomic mass is 9.93. The van der Waals surface area contributed by atoms with Crippen LogP contribution in [-0.4, -0.2) is 103 Å². The molecule has 0 spiro atoms. The number of nitrogens with one attached hydrogen (secondary N) is 3. The van der Waals surface area contributed by atoms with Crippen LogP contribution in [-0.2, 0) is 36.6 Å². The van der Waals surface area contributed by atoms with Crippen LogP contribution in [0.1, 0.15) is 74.2 Å². The normalized spacial score (nSPS) is 23.6. The Morgan fingerprint density at radius 3 is 1.86 bits per heavy atom. The predicted molar refractivity (Wildman–Crippen MR) is 258 cm³/mol. The molecule has 8 rings (SSSR count). The standard InChI is InChI=1S/C45H54N12O10P2Si/c1-27-28(2)43(56-25-51-34-37(47-23-49-39(34)56)53-41(58)29-15-10-8-11-16-29)65-31(27)22-64-69(61,63-20-14-19-46)55-33-32(21-62-68-60)66-44(36(33)67-70(6,7)45(3,4)5)57-26-52-35-38(48-24-50-40(35)57)54-42(59)30-17-12-9-13-18-30/h8-13,15-18,23-28,31-33,36,43-44H,14,20-22H2,1-7H3,(H,55,61)(H,47,49,53,58)(H,48,50,54,59)/t27-,28+,31+,32+,33+,36+,43+,44+,69?/m0/s1. The Bertz CT molecular complexity index is 2920. The fourth-order valence-electron chi connectivity index (χ4n) is 8.02. The highest BCUT2D eigenvalue weighted by molar-refractivity contribution is 7.51. The summed E-state index contributed by atoms with van der Waals surface area (Å²) in [5, 5.41) is 17.9. The molecule has 2 amide bonds. The maximum atomic E-state index is 15.2. The lowest BCUT2D eigenvalue weighted by Gasteiger charge is -2.41. The molecule has 1 unspecified atom stereocenters. The third-order valence-electron chi connectivity index (χ3n) is 13.1. The Morgan fingerprint density at radius 2 is 1.33 bits per heavy atom. The summed E-state index contributed by atoms with van der Waals surface area (Å²) >= 11 is 0. The van der Waals surface area contributed by atoms with Gasteiger partial charge < -0.3 is 24.5 Å². The third kappa shape index (κ3) is 10.8. The lowest BCUT2D eigenvalue weighted by Crippen LogP contribution is -2.52. The number of nitriles is 1. The van der Waals surface area contributed by atoms with E-state index in [9.17, 15) is 19.4 Å². The molecule has 6 heterocycles. The molecule has 0 aliphatic carbocycles. The molecule has 0 saturated carbocycles. The topological polar surface area (TPSA) is 271 Å². The number of fused-ring (bicyclic) bond motifs is 2. The molecule has 2 saturated heterocycles. The predicted octanol–water partition coefficient (Wildman–Crippen LogP) is 7.86. The van der Waals surface area contributed by atoms with Crippen molar-refractivity contribution in [3.05, 3.63) is 97.1 Å². The second-order valence-electron chi connectivity index (χ2n) is 18.5. The first-order valence-corrected chi connectivity index (χ1v) is 27.8. The first-order valence-electron chi connectivity index (χ1n) is 22.6. The Hall–Kier alpha value is -5.76. The molecule has 2 aliphatic rings. The molecule has 368 valence electrons. The Balaban J connectivity index is 1.07. The van der Waals surface area contributed by atoms with Crippen molar-refractivity contribution in [3.63, 3.8) is 0 Å². The average Bonchev–Trinajstić information content (AvgIpc) is 4.12. The van der Waals surface area contributed by atoms with Crippen LogP contribution in [0.3, 0.4) is 0 Å². The van der Waals surface area contributed by atoms with Crippen LogP contribution in [0.25, 0.3) is 22.3 Å². The maximum absolute atomic E-state index is 15.2. The Kier molecular flexibility index (Phi) is 15.4. The van der Waals surface area contributed by atoms with Gasteiger partial charge >= 0.3 is 16.4 Å². The van der Waals surface area contributed by atoms with Crippen molar-refractivity contribution in [2.24, 2.45) is 11.8 Å². The van der Waals surface area contributed by atoms with Gasteiger partial charge in [-0.1, -0.05) is 71.0 Å². The summed E-state index contributed by atoms with van der Waals surface area (Å²) in [6.45, 7) is 13.6. The number of hydrogen-bond acceptors (Lipinski definition) is 17. The molecule has 70 heavy (non-hydrogen) atoms. The number of anilines is 2. The van der Waals surface area contributed by atoms with E-state index in [2.05, 4.69) is 79.5 Å². The fraction of sp³-hybridized carbons (Fsp3) is 0.444. The summed E-state index contributed by atoms with van der Waals surface area (Å²) in [6, 6.07) is 18.4. The SMILES string of the molecule is C[C@@H]1[C@H](C)[C@@H](COP(=O)(N[C@H]2[C@@H](O[Si](C)(C)C(C)(C)C)[C@H](n3cnc4c(NC(=O)c5ccccc5)ncnc43)O[C@@H]2COP=O)OCCC#N)O[C@H]1n1cnc2c(NC(=O)c3ccccc3)ncnc21.